The Morgan fingerprint density at radius 3 is 2.85 bits per heavy atom. The molecule has 1 aliphatic rings. The molecule has 2 aromatic rings. The number of aliphatic carboxylic acids is 1. The van der Waals surface area contributed by atoms with Crippen LogP contribution in [0.3, 0.4) is 0 Å². The number of aryl methyl sites for hydroxylation is 1. The largest absolute Gasteiger partial charge is 0.481 e. The van der Waals surface area contributed by atoms with E-state index in [-0.39, 0.29) is 12.5 Å². The molecular formula is C19H23ClN4O3. The zero-order valence-corrected chi connectivity index (χ0v) is 15.7. The number of aromatic nitrogens is 2. The molecule has 1 aromatic carbocycles. The SMILES string of the molecule is O=C(O)CCCc1ccc(Nc2ncc(Cl)c(NC[C@@H]3CCCO3)n2)cc1. The van der Waals surface area contributed by atoms with Gasteiger partial charge in [-0.3, -0.25) is 4.79 Å². The summed E-state index contributed by atoms with van der Waals surface area (Å²) in [6, 6.07) is 7.79. The number of ether oxygens (including phenoxy) is 1. The number of rotatable bonds is 9. The van der Waals surface area contributed by atoms with E-state index >= 15 is 0 Å². The van der Waals surface area contributed by atoms with Gasteiger partial charge in [0.05, 0.1) is 12.3 Å². The summed E-state index contributed by atoms with van der Waals surface area (Å²) in [6.45, 7) is 1.48. The fourth-order valence-electron chi connectivity index (χ4n) is 2.89. The summed E-state index contributed by atoms with van der Waals surface area (Å²) in [6.07, 6.45) is 5.43. The summed E-state index contributed by atoms with van der Waals surface area (Å²) in [5, 5.41) is 15.5. The number of anilines is 3. The maximum absolute atomic E-state index is 10.6. The number of hydrogen-bond acceptors (Lipinski definition) is 6. The molecule has 0 unspecified atom stereocenters. The van der Waals surface area contributed by atoms with E-state index in [0.29, 0.717) is 29.8 Å². The van der Waals surface area contributed by atoms with Crippen molar-refractivity contribution in [2.24, 2.45) is 0 Å². The van der Waals surface area contributed by atoms with E-state index in [1.807, 2.05) is 24.3 Å². The molecule has 1 atom stereocenters. The van der Waals surface area contributed by atoms with Crippen LogP contribution in [0.2, 0.25) is 5.02 Å². The van der Waals surface area contributed by atoms with Gasteiger partial charge in [-0.1, -0.05) is 23.7 Å². The molecule has 1 aliphatic heterocycles. The number of nitrogens with one attached hydrogen (secondary N) is 2. The standard InChI is InChI=1S/C19H23ClN4O3/c20-16-12-22-19(24-18(16)21-11-15-4-2-10-27-15)23-14-8-6-13(7-9-14)3-1-5-17(25)26/h6-9,12,15H,1-5,10-11H2,(H,25,26)(H2,21,22,23,24)/t15-/m0/s1. The van der Waals surface area contributed by atoms with Crippen LogP contribution in [0.15, 0.2) is 30.5 Å². The van der Waals surface area contributed by atoms with Crippen molar-refractivity contribution in [3.63, 3.8) is 0 Å². The lowest BCUT2D eigenvalue weighted by molar-refractivity contribution is -0.137. The molecule has 0 amide bonds. The molecule has 27 heavy (non-hydrogen) atoms. The van der Waals surface area contributed by atoms with Crippen molar-refractivity contribution in [2.75, 3.05) is 23.8 Å². The minimum Gasteiger partial charge on any atom is -0.481 e. The lowest BCUT2D eigenvalue weighted by Crippen LogP contribution is -2.19. The number of carboxylic acid groups (broad SMARTS) is 1. The maximum atomic E-state index is 10.6. The highest BCUT2D eigenvalue weighted by Gasteiger charge is 2.16. The normalized spacial score (nSPS) is 16.3. The van der Waals surface area contributed by atoms with Crippen molar-refractivity contribution in [1.29, 1.82) is 0 Å². The van der Waals surface area contributed by atoms with Gasteiger partial charge in [0.25, 0.3) is 0 Å². The molecule has 0 bridgehead atoms. The van der Waals surface area contributed by atoms with Gasteiger partial charge in [-0.25, -0.2) is 4.98 Å². The van der Waals surface area contributed by atoms with Crippen LogP contribution in [0.4, 0.5) is 17.5 Å². The van der Waals surface area contributed by atoms with E-state index in [1.165, 1.54) is 0 Å². The van der Waals surface area contributed by atoms with E-state index in [0.717, 1.165) is 37.1 Å². The molecule has 0 aliphatic carbocycles. The van der Waals surface area contributed by atoms with E-state index in [4.69, 9.17) is 21.4 Å². The predicted octanol–water partition coefficient (Wildman–Crippen LogP) is 3.87. The van der Waals surface area contributed by atoms with Gasteiger partial charge in [-0.2, -0.15) is 4.98 Å². The van der Waals surface area contributed by atoms with Gasteiger partial charge in [0, 0.05) is 25.3 Å². The van der Waals surface area contributed by atoms with Crippen LogP contribution in [0.5, 0.6) is 0 Å². The highest BCUT2D eigenvalue weighted by molar-refractivity contribution is 6.32. The molecule has 0 saturated carbocycles. The summed E-state index contributed by atoms with van der Waals surface area (Å²) in [5.74, 6) is 0.264. The van der Waals surface area contributed by atoms with E-state index in [9.17, 15) is 4.79 Å². The summed E-state index contributed by atoms with van der Waals surface area (Å²) >= 11 is 6.18. The molecule has 1 fully saturated rings. The molecule has 3 N–H and O–H groups in total. The van der Waals surface area contributed by atoms with Crippen LogP contribution in [0, 0.1) is 0 Å². The van der Waals surface area contributed by atoms with Crippen molar-refractivity contribution >= 4 is 35.0 Å². The highest BCUT2D eigenvalue weighted by Crippen LogP contribution is 2.23. The zero-order chi connectivity index (χ0) is 19.1. The first kappa shape index (κ1) is 19.4. The number of carbonyl (C=O) groups is 1. The zero-order valence-electron chi connectivity index (χ0n) is 14.9. The third-order valence-electron chi connectivity index (χ3n) is 4.33. The quantitative estimate of drug-likeness (QED) is 0.598. The lowest BCUT2D eigenvalue weighted by Gasteiger charge is -2.13. The highest BCUT2D eigenvalue weighted by atomic mass is 35.5. The Morgan fingerprint density at radius 1 is 1.33 bits per heavy atom. The molecule has 0 radical (unpaired) electrons. The molecule has 1 aromatic heterocycles. The molecule has 144 valence electrons. The van der Waals surface area contributed by atoms with Crippen LogP contribution in [-0.4, -0.2) is 40.3 Å². The maximum Gasteiger partial charge on any atom is 0.303 e. The number of nitrogens with zero attached hydrogens (tertiary/aromatic N) is 2. The minimum absolute atomic E-state index is 0.181. The van der Waals surface area contributed by atoms with Crippen LogP contribution in [0.25, 0.3) is 0 Å². The van der Waals surface area contributed by atoms with Crippen molar-refractivity contribution in [1.82, 2.24) is 9.97 Å². The molecule has 2 heterocycles. The van der Waals surface area contributed by atoms with Crippen LogP contribution < -0.4 is 10.6 Å². The van der Waals surface area contributed by atoms with Gasteiger partial charge >= 0.3 is 5.97 Å². The smallest absolute Gasteiger partial charge is 0.303 e. The third-order valence-corrected chi connectivity index (χ3v) is 4.61. The average Bonchev–Trinajstić information content (AvgIpc) is 3.17. The number of carboxylic acids is 1. The molecule has 1 saturated heterocycles. The number of benzene rings is 1. The second kappa shape index (κ2) is 9.53. The molecule has 7 nitrogen and oxygen atoms in total. The van der Waals surface area contributed by atoms with Gasteiger partial charge in [-0.15, -0.1) is 0 Å². The predicted molar refractivity (Wildman–Crippen MR) is 105 cm³/mol. The number of hydrogen-bond donors (Lipinski definition) is 3. The van der Waals surface area contributed by atoms with Gasteiger partial charge in [-0.05, 0) is 43.4 Å². The van der Waals surface area contributed by atoms with Crippen LogP contribution in [0.1, 0.15) is 31.2 Å². The van der Waals surface area contributed by atoms with Gasteiger partial charge < -0.3 is 20.5 Å². The summed E-state index contributed by atoms with van der Waals surface area (Å²) in [4.78, 5) is 19.2. The van der Waals surface area contributed by atoms with Crippen LogP contribution in [-0.2, 0) is 16.0 Å². The van der Waals surface area contributed by atoms with Gasteiger partial charge in [0.15, 0.2) is 5.82 Å². The third kappa shape index (κ3) is 6.08. The summed E-state index contributed by atoms with van der Waals surface area (Å²) in [5.41, 5.74) is 1.95. The fraction of sp³-hybridized carbons (Fsp3) is 0.421. The Hall–Kier alpha value is -2.38. The average molecular weight is 391 g/mol. The Morgan fingerprint density at radius 2 is 2.15 bits per heavy atom. The second-order valence-electron chi connectivity index (χ2n) is 6.48. The lowest BCUT2D eigenvalue weighted by atomic mass is 10.1. The first-order chi connectivity index (χ1) is 13.1. The summed E-state index contributed by atoms with van der Waals surface area (Å²) in [7, 11) is 0. The van der Waals surface area contributed by atoms with Crippen LogP contribution >= 0.6 is 11.6 Å². The first-order valence-electron chi connectivity index (χ1n) is 9.06. The van der Waals surface area contributed by atoms with Crippen molar-refractivity contribution in [3.05, 3.63) is 41.0 Å². The van der Waals surface area contributed by atoms with Gasteiger partial charge in [0.1, 0.15) is 5.02 Å². The number of halogens is 1. The summed E-state index contributed by atoms with van der Waals surface area (Å²) < 4.78 is 5.60. The molecule has 0 spiro atoms. The first-order valence-corrected chi connectivity index (χ1v) is 9.44. The Labute approximate surface area is 163 Å². The molecule has 8 heteroatoms. The van der Waals surface area contributed by atoms with E-state index in [2.05, 4.69) is 20.6 Å². The van der Waals surface area contributed by atoms with E-state index < -0.39 is 5.97 Å². The van der Waals surface area contributed by atoms with Gasteiger partial charge in [0.2, 0.25) is 5.95 Å². The Balaban J connectivity index is 1.56. The van der Waals surface area contributed by atoms with Crippen molar-refractivity contribution in [2.45, 2.75) is 38.2 Å². The molecule has 3 rings (SSSR count). The fourth-order valence-corrected chi connectivity index (χ4v) is 3.05. The second-order valence-corrected chi connectivity index (χ2v) is 6.88. The van der Waals surface area contributed by atoms with Crippen molar-refractivity contribution < 1.29 is 14.6 Å². The molecular weight excluding hydrogens is 368 g/mol. The minimum atomic E-state index is -0.767. The Bertz CT molecular complexity index is 764. The van der Waals surface area contributed by atoms with Crippen molar-refractivity contribution in [3.8, 4) is 0 Å². The van der Waals surface area contributed by atoms with E-state index in [1.54, 1.807) is 6.20 Å². The topological polar surface area (TPSA) is 96.4 Å². The Kier molecular flexibility index (Phi) is 6.84. The monoisotopic (exact) mass is 390 g/mol.